The molecule has 0 aliphatic carbocycles. The van der Waals surface area contributed by atoms with E-state index >= 15 is 0 Å². The molecule has 1 aliphatic rings. The molecule has 3 nitrogen and oxygen atoms in total. The normalized spacial score (nSPS) is 23.9. The second-order valence-corrected chi connectivity index (χ2v) is 4.33. The summed E-state index contributed by atoms with van der Waals surface area (Å²) in [5.74, 6) is 0.961. The highest BCUT2D eigenvalue weighted by Gasteiger charge is 2.20. The Morgan fingerprint density at radius 3 is 3.29 bits per heavy atom. The van der Waals surface area contributed by atoms with E-state index in [1.807, 2.05) is 6.20 Å². The zero-order valence-corrected chi connectivity index (χ0v) is 8.83. The van der Waals surface area contributed by atoms with Crippen LogP contribution in [0.5, 0.6) is 0 Å². The fourth-order valence-electron chi connectivity index (χ4n) is 1.82. The zero-order chi connectivity index (χ0) is 9.80. The van der Waals surface area contributed by atoms with Crippen molar-refractivity contribution in [3.8, 4) is 0 Å². The molecule has 2 unspecified atom stereocenters. The van der Waals surface area contributed by atoms with Gasteiger partial charge < -0.3 is 9.72 Å². The first-order valence-electron chi connectivity index (χ1n) is 5.08. The molecule has 1 aliphatic heterocycles. The minimum Gasteiger partial charge on any atom is -0.378 e. The van der Waals surface area contributed by atoms with Crippen LogP contribution in [-0.2, 0) is 11.2 Å². The van der Waals surface area contributed by atoms with E-state index in [0.717, 1.165) is 31.7 Å². The lowest BCUT2D eigenvalue weighted by Crippen LogP contribution is -2.15. The molecule has 0 saturated carbocycles. The molecule has 2 rings (SSSR count). The van der Waals surface area contributed by atoms with Gasteiger partial charge in [0.05, 0.1) is 6.10 Å². The summed E-state index contributed by atoms with van der Waals surface area (Å²) < 4.78 is 5.53. The number of H-pyrrole nitrogens is 1. The van der Waals surface area contributed by atoms with Crippen molar-refractivity contribution in [2.75, 3.05) is 6.61 Å². The van der Waals surface area contributed by atoms with E-state index in [1.54, 1.807) is 6.20 Å². The third-order valence-electron chi connectivity index (χ3n) is 2.51. The van der Waals surface area contributed by atoms with Gasteiger partial charge in [-0.25, -0.2) is 4.98 Å². The summed E-state index contributed by atoms with van der Waals surface area (Å²) in [4.78, 5) is 7.21. The van der Waals surface area contributed by atoms with E-state index in [0.29, 0.717) is 6.10 Å². The molecule has 1 fully saturated rings. The summed E-state index contributed by atoms with van der Waals surface area (Å²) in [6.07, 6.45) is 8.01. The van der Waals surface area contributed by atoms with Crippen molar-refractivity contribution >= 4 is 11.6 Å². The lowest BCUT2D eigenvalue weighted by Gasteiger charge is -2.12. The Morgan fingerprint density at radius 2 is 2.64 bits per heavy atom. The summed E-state index contributed by atoms with van der Waals surface area (Å²) in [6.45, 7) is 0.898. The molecule has 78 valence electrons. The zero-order valence-electron chi connectivity index (χ0n) is 8.08. The molecular formula is C10H15ClN2O. The monoisotopic (exact) mass is 214 g/mol. The van der Waals surface area contributed by atoms with Gasteiger partial charge in [0.2, 0.25) is 0 Å². The second kappa shape index (κ2) is 4.80. The molecule has 2 heterocycles. The summed E-state index contributed by atoms with van der Waals surface area (Å²) >= 11 is 6.21. The summed E-state index contributed by atoms with van der Waals surface area (Å²) in [5, 5.41) is 0.129. The summed E-state index contributed by atoms with van der Waals surface area (Å²) in [7, 11) is 0. The molecule has 0 aromatic carbocycles. The fourth-order valence-corrected chi connectivity index (χ4v) is 2.16. The van der Waals surface area contributed by atoms with E-state index in [-0.39, 0.29) is 5.38 Å². The van der Waals surface area contributed by atoms with Gasteiger partial charge in [0.1, 0.15) is 5.82 Å². The number of nitrogens with zero attached hydrogens (tertiary/aromatic N) is 1. The fraction of sp³-hybridized carbons (Fsp3) is 0.700. The van der Waals surface area contributed by atoms with Crippen LogP contribution in [0.1, 0.15) is 25.1 Å². The summed E-state index contributed by atoms with van der Waals surface area (Å²) in [6, 6.07) is 0. The van der Waals surface area contributed by atoms with Gasteiger partial charge in [-0.05, 0) is 19.3 Å². The maximum Gasteiger partial charge on any atom is 0.107 e. The highest BCUT2D eigenvalue weighted by atomic mass is 35.5. The van der Waals surface area contributed by atoms with Crippen molar-refractivity contribution in [1.29, 1.82) is 0 Å². The molecule has 4 heteroatoms. The molecule has 0 radical (unpaired) electrons. The highest BCUT2D eigenvalue weighted by molar-refractivity contribution is 6.20. The number of nitrogens with one attached hydrogen (secondary N) is 1. The van der Waals surface area contributed by atoms with E-state index in [9.17, 15) is 0 Å². The van der Waals surface area contributed by atoms with Crippen molar-refractivity contribution in [2.24, 2.45) is 0 Å². The molecule has 2 atom stereocenters. The van der Waals surface area contributed by atoms with Gasteiger partial charge in [-0.1, -0.05) is 0 Å². The minimum atomic E-state index is 0.129. The number of alkyl halides is 1. The molecular weight excluding hydrogens is 200 g/mol. The first-order valence-corrected chi connectivity index (χ1v) is 5.52. The molecule has 1 N–H and O–H groups in total. The number of rotatable bonds is 4. The number of ether oxygens (including phenoxy) is 1. The molecule has 1 aromatic rings. The Labute approximate surface area is 88.8 Å². The van der Waals surface area contributed by atoms with Crippen LogP contribution in [0.15, 0.2) is 12.4 Å². The Hall–Kier alpha value is -0.540. The smallest absolute Gasteiger partial charge is 0.107 e. The van der Waals surface area contributed by atoms with Crippen LogP contribution >= 0.6 is 11.6 Å². The van der Waals surface area contributed by atoms with Gasteiger partial charge in [0.25, 0.3) is 0 Å². The predicted molar refractivity (Wildman–Crippen MR) is 55.5 cm³/mol. The van der Waals surface area contributed by atoms with Crippen molar-refractivity contribution in [3.63, 3.8) is 0 Å². The number of imidazole rings is 1. The van der Waals surface area contributed by atoms with Crippen LogP contribution in [0.4, 0.5) is 0 Å². The van der Waals surface area contributed by atoms with Gasteiger partial charge in [0, 0.05) is 30.8 Å². The molecule has 1 saturated heterocycles. The maximum absolute atomic E-state index is 6.21. The molecule has 14 heavy (non-hydrogen) atoms. The Bertz CT molecular complexity index is 257. The molecule has 0 amide bonds. The SMILES string of the molecule is ClC(Cc1ncc[nH]1)CC1CCCO1. The molecule has 0 spiro atoms. The van der Waals surface area contributed by atoms with Gasteiger partial charge >= 0.3 is 0 Å². The average molecular weight is 215 g/mol. The van der Waals surface area contributed by atoms with Gasteiger partial charge in [-0.3, -0.25) is 0 Å². The lowest BCUT2D eigenvalue weighted by molar-refractivity contribution is 0.103. The first-order chi connectivity index (χ1) is 6.84. The van der Waals surface area contributed by atoms with Crippen molar-refractivity contribution in [2.45, 2.75) is 37.2 Å². The lowest BCUT2D eigenvalue weighted by atomic mass is 10.1. The third kappa shape index (κ3) is 2.72. The Morgan fingerprint density at radius 1 is 1.71 bits per heavy atom. The quantitative estimate of drug-likeness (QED) is 0.780. The maximum atomic E-state index is 6.21. The minimum absolute atomic E-state index is 0.129. The Balaban J connectivity index is 1.75. The van der Waals surface area contributed by atoms with Crippen LogP contribution in [0.25, 0.3) is 0 Å². The number of aromatic amines is 1. The van der Waals surface area contributed by atoms with Crippen LogP contribution in [0, 0.1) is 0 Å². The van der Waals surface area contributed by atoms with Gasteiger partial charge in [-0.2, -0.15) is 0 Å². The van der Waals surface area contributed by atoms with E-state index in [2.05, 4.69) is 9.97 Å². The van der Waals surface area contributed by atoms with E-state index in [4.69, 9.17) is 16.3 Å². The summed E-state index contributed by atoms with van der Waals surface area (Å²) in [5.41, 5.74) is 0. The molecule has 0 bridgehead atoms. The average Bonchev–Trinajstić information content (AvgIpc) is 2.76. The predicted octanol–water partition coefficient (Wildman–Crippen LogP) is 2.13. The molecule has 1 aromatic heterocycles. The number of aromatic nitrogens is 2. The van der Waals surface area contributed by atoms with Crippen LogP contribution < -0.4 is 0 Å². The first kappa shape index (κ1) is 9.99. The van der Waals surface area contributed by atoms with E-state index < -0.39 is 0 Å². The number of hydrogen-bond acceptors (Lipinski definition) is 2. The highest BCUT2D eigenvalue weighted by Crippen LogP contribution is 2.20. The topological polar surface area (TPSA) is 37.9 Å². The van der Waals surface area contributed by atoms with Crippen LogP contribution in [-0.4, -0.2) is 28.1 Å². The van der Waals surface area contributed by atoms with Gasteiger partial charge in [-0.15, -0.1) is 11.6 Å². The van der Waals surface area contributed by atoms with Gasteiger partial charge in [0.15, 0.2) is 0 Å². The van der Waals surface area contributed by atoms with Crippen LogP contribution in [0.2, 0.25) is 0 Å². The Kier molecular flexibility index (Phi) is 3.43. The van der Waals surface area contributed by atoms with Crippen molar-refractivity contribution < 1.29 is 4.74 Å². The third-order valence-corrected chi connectivity index (χ3v) is 2.84. The number of hydrogen-bond donors (Lipinski definition) is 1. The standard InChI is InChI=1S/C10H15ClN2O/c11-8(6-9-2-1-5-14-9)7-10-12-3-4-13-10/h3-4,8-9H,1-2,5-7H2,(H,12,13). The second-order valence-electron chi connectivity index (χ2n) is 3.71. The largest absolute Gasteiger partial charge is 0.378 e. The van der Waals surface area contributed by atoms with Crippen molar-refractivity contribution in [1.82, 2.24) is 9.97 Å². The van der Waals surface area contributed by atoms with Crippen LogP contribution in [0.3, 0.4) is 0 Å². The number of halogens is 1. The van der Waals surface area contributed by atoms with Crippen molar-refractivity contribution in [3.05, 3.63) is 18.2 Å². The van der Waals surface area contributed by atoms with E-state index in [1.165, 1.54) is 6.42 Å².